The lowest BCUT2D eigenvalue weighted by atomic mass is 10.4. The molecule has 0 atom stereocenters. The maximum Gasteiger partial charge on any atom is -0.00127 e. The molecule has 0 aliphatic carbocycles. The van der Waals surface area contributed by atoms with E-state index >= 15 is 0 Å². The highest BCUT2D eigenvalue weighted by Gasteiger charge is 1.87. The van der Waals surface area contributed by atoms with Crippen LogP contribution in [-0.4, -0.2) is 38.6 Å². The van der Waals surface area contributed by atoms with Crippen LogP contribution in [-0.2, 0) is 0 Å². The van der Waals surface area contributed by atoms with Gasteiger partial charge in [0.05, 0.1) is 0 Å². The number of hydrogen-bond acceptors (Lipinski definition) is 2. The van der Waals surface area contributed by atoms with Crippen LogP contribution >= 0.6 is 0 Å². The van der Waals surface area contributed by atoms with E-state index in [-0.39, 0.29) is 0 Å². The molecule has 0 spiro atoms. The zero-order valence-electron chi connectivity index (χ0n) is 6.78. The average Bonchev–Trinajstić information content (AvgIpc) is 1.80. The number of nitrogens with one attached hydrogen (secondary N) is 1. The Kier molecular flexibility index (Phi) is 5.99. The van der Waals surface area contributed by atoms with E-state index in [2.05, 4.69) is 31.2 Å². The molecule has 0 aromatic heterocycles. The molecule has 0 saturated carbocycles. The van der Waals surface area contributed by atoms with E-state index < -0.39 is 0 Å². The van der Waals surface area contributed by atoms with Crippen LogP contribution in [0.25, 0.3) is 0 Å². The fraction of sp³-hybridized carbons (Fsp3) is 1.00. The van der Waals surface area contributed by atoms with Gasteiger partial charge in [-0.25, -0.2) is 0 Å². The second kappa shape index (κ2) is 6.05. The molecule has 2 heteroatoms. The summed E-state index contributed by atoms with van der Waals surface area (Å²) in [6.07, 6.45) is 1.25. The van der Waals surface area contributed by atoms with E-state index in [0.29, 0.717) is 0 Å². The highest BCUT2D eigenvalue weighted by Crippen LogP contribution is 1.79. The van der Waals surface area contributed by atoms with Crippen LogP contribution in [0.4, 0.5) is 0 Å². The summed E-state index contributed by atoms with van der Waals surface area (Å²) in [6.45, 7) is 5.56. The first-order chi connectivity index (χ1) is 4.27. The molecule has 0 aromatic carbocycles. The van der Waals surface area contributed by atoms with Crippen molar-refractivity contribution < 1.29 is 0 Å². The van der Waals surface area contributed by atoms with Crippen molar-refractivity contribution in [3.05, 3.63) is 0 Å². The molecular formula is C7H18N2. The molecule has 0 amide bonds. The largest absolute Gasteiger partial charge is 0.317 e. The third-order valence-electron chi connectivity index (χ3n) is 1.21. The van der Waals surface area contributed by atoms with Gasteiger partial charge in [0.2, 0.25) is 0 Å². The summed E-state index contributed by atoms with van der Waals surface area (Å²) in [6, 6.07) is 0. The predicted molar refractivity (Wildman–Crippen MR) is 41.7 cm³/mol. The van der Waals surface area contributed by atoms with Gasteiger partial charge in [0, 0.05) is 0 Å². The van der Waals surface area contributed by atoms with Gasteiger partial charge in [0.1, 0.15) is 0 Å². The standard InChI is InChI=1S/C7H18N2/c1-4-8-6-5-7-9(2)3/h8H,4-7H2,1-3H3. The van der Waals surface area contributed by atoms with Crippen LogP contribution in [0, 0.1) is 0 Å². The summed E-state index contributed by atoms with van der Waals surface area (Å²) >= 11 is 0. The maximum atomic E-state index is 3.28. The van der Waals surface area contributed by atoms with E-state index in [4.69, 9.17) is 0 Å². The van der Waals surface area contributed by atoms with Crippen LogP contribution < -0.4 is 5.32 Å². The molecule has 0 aromatic rings. The Morgan fingerprint density at radius 3 is 2.44 bits per heavy atom. The average molecular weight is 130 g/mol. The summed E-state index contributed by atoms with van der Waals surface area (Å²) in [5, 5.41) is 3.28. The van der Waals surface area contributed by atoms with Gasteiger partial charge in [0.15, 0.2) is 0 Å². The van der Waals surface area contributed by atoms with Crippen molar-refractivity contribution in [3.8, 4) is 0 Å². The van der Waals surface area contributed by atoms with E-state index in [1.54, 1.807) is 0 Å². The monoisotopic (exact) mass is 130 g/mol. The number of hydrogen-bond donors (Lipinski definition) is 1. The van der Waals surface area contributed by atoms with Crippen LogP contribution in [0.15, 0.2) is 0 Å². The molecule has 56 valence electrons. The quantitative estimate of drug-likeness (QED) is 0.547. The molecular weight excluding hydrogens is 112 g/mol. The molecule has 0 bridgehead atoms. The first kappa shape index (κ1) is 8.92. The Bertz CT molecular complexity index is 52.9. The van der Waals surface area contributed by atoms with E-state index in [9.17, 15) is 0 Å². The van der Waals surface area contributed by atoms with Gasteiger partial charge in [-0.2, -0.15) is 0 Å². The van der Waals surface area contributed by atoms with Crippen LogP contribution in [0.2, 0.25) is 0 Å². The van der Waals surface area contributed by atoms with Crippen molar-refractivity contribution >= 4 is 0 Å². The van der Waals surface area contributed by atoms with Gasteiger partial charge >= 0.3 is 0 Å². The van der Waals surface area contributed by atoms with Gasteiger partial charge in [-0.3, -0.25) is 0 Å². The van der Waals surface area contributed by atoms with Crippen LogP contribution in [0.1, 0.15) is 13.3 Å². The molecule has 0 aliphatic rings. The van der Waals surface area contributed by atoms with Crippen molar-refractivity contribution in [1.29, 1.82) is 0 Å². The van der Waals surface area contributed by atoms with Crippen molar-refractivity contribution in [2.24, 2.45) is 0 Å². The van der Waals surface area contributed by atoms with Gasteiger partial charge in [-0.1, -0.05) is 6.92 Å². The lowest BCUT2D eigenvalue weighted by molar-refractivity contribution is 0.395. The minimum Gasteiger partial charge on any atom is -0.317 e. The van der Waals surface area contributed by atoms with Crippen molar-refractivity contribution in [2.45, 2.75) is 13.3 Å². The molecule has 1 N–H and O–H groups in total. The molecule has 0 aliphatic heterocycles. The van der Waals surface area contributed by atoms with E-state index in [1.165, 1.54) is 13.0 Å². The van der Waals surface area contributed by atoms with Crippen molar-refractivity contribution in [2.75, 3.05) is 33.7 Å². The van der Waals surface area contributed by atoms with Crippen LogP contribution in [0.3, 0.4) is 0 Å². The highest BCUT2D eigenvalue weighted by atomic mass is 15.0. The third-order valence-corrected chi connectivity index (χ3v) is 1.21. The van der Waals surface area contributed by atoms with Gasteiger partial charge < -0.3 is 10.2 Å². The van der Waals surface area contributed by atoms with E-state index in [1.807, 2.05) is 0 Å². The Balaban J connectivity index is 2.75. The predicted octanol–water partition coefficient (Wildman–Crippen LogP) is 0.548. The normalized spacial score (nSPS) is 10.7. The topological polar surface area (TPSA) is 15.3 Å². The van der Waals surface area contributed by atoms with Gasteiger partial charge in [-0.15, -0.1) is 0 Å². The van der Waals surface area contributed by atoms with Crippen LogP contribution in [0.5, 0.6) is 0 Å². The summed E-state index contributed by atoms with van der Waals surface area (Å²) in [5.74, 6) is 0. The molecule has 0 unspecified atom stereocenters. The Morgan fingerprint density at radius 1 is 1.33 bits per heavy atom. The molecule has 0 rings (SSSR count). The molecule has 0 heterocycles. The summed E-state index contributed by atoms with van der Waals surface area (Å²) < 4.78 is 0. The van der Waals surface area contributed by atoms with Gasteiger partial charge in [-0.05, 0) is 40.2 Å². The second-order valence-electron chi connectivity index (χ2n) is 2.51. The SMILES string of the molecule is CCNCCCN(C)C. The number of nitrogens with zero attached hydrogens (tertiary/aromatic N) is 1. The summed E-state index contributed by atoms with van der Waals surface area (Å²) in [5.41, 5.74) is 0. The molecule has 0 radical (unpaired) electrons. The highest BCUT2D eigenvalue weighted by molar-refractivity contribution is 4.47. The smallest absolute Gasteiger partial charge is 0.00127 e. The molecule has 0 fully saturated rings. The van der Waals surface area contributed by atoms with Crippen molar-refractivity contribution in [3.63, 3.8) is 0 Å². The lowest BCUT2D eigenvalue weighted by Crippen LogP contribution is -2.20. The number of rotatable bonds is 5. The van der Waals surface area contributed by atoms with Gasteiger partial charge in [0.25, 0.3) is 0 Å². The molecule has 2 nitrogen and oxygen atoms in total. The zero-order chi connectivity index (χ0) is 7.11. The maximum absolute atomic E-state index is 3.28. The minimum absolute atomic E-state index is 1.09. The lowest BCUT2D eigenvalue weighted by Gasteiger charge is -2.08. The van der Waals surface area contributed by atoms with Crippen molar-refractivity contribution in [1.82, 2.24) is 10.2 Å². The zero-order valence-corrected chi connectivity index (χ0v) is 6.78. The fourth-order valence-corrected chi connectivity index (χ4v) is 0.697. The minimum atomic E-state index is 1.09. The third kappa shape index (κ3) is 7.92. The Morgan fingerprint density at radius 2 is 2.00 bits per heavy atom. The Labute approximate surface area is 58.2 Å². The first-order valence-corrected chi connectivity index (χ1v) is 3.62. The Hall–Kier alpha value is -0.0800. The summed E-state index contributed by atoms with van der Waals surface area (Å²) in [7, 11) is 4.21. The summed E-state index contributed by atoms with van der Waals surface area (Å²) in [4.78, 5) is 2.21. The second-order valence-corrected chi connectivity index (χ2v) is 2.51. The first-order valence-electron chi connectivity index (χ1n) is 3.62. The van der Waals surface area contributed by atoms with E-state index in [0.717, 1.165) is 13.1 Å². The fourth-order valence-electron chi connectivity index (χ4n) is 0.697. The molecule has 9 heavy (non-hydrogen) atoms. The molecule has 0 saturated heterocycles.